The number of hydrogen-bond acceptors (Lipinski definition) is 3. The van der Waals surface area contributed by atoms with Crippen LogP contribution in [0.25, 0.3) is 0 Å². The van der Waals surface area contributed by atoms with Crippen LogP contribution in [0.1, 0.15) is 24.4 Å². The lowest BCUT2D eigenvalue weighted by molar-refractivity contribution is 0.553. The third kappa shape index (κ3) is 2.23. The lowest BCUT2D eigenvalue weighted by Crippen LogP contribution is -2.16. The van der Waals surface area contributed by atoms with Gasteiger partial charge in [-0.25, -0.2) is 17.9 Å². The van der Waals surface area contributed by atoms with E-state index >= 15 is 0 Å². The summed E-state index contributed by atoms with van der Waals surface area (Å²) < 4.78 is 35.7. The Kier molecular flexibility index (Phi) is 2.96. The normalized spacial score (nSPS) is 21.2. The fourth-order valence-electron chi connectivity index (χ4n) is 1.92. The van der Waals surface area contributed by atoms with E-state index in [1.807, 2.05) is 0 Å². The molecule has 3 N–H and O–H groups in total. The van der Waals surface area contributed by atoms with E-state index in [4.69, 9.17) is 5.14 Å². The van der Waals surface area contributed by atoms with Crippen LogP contribution in [0.4, 0.5) is 4.39 Å². The van der Waals surface area contributed by atoms with Gasteiger partial charge in [-0.05, 0) is 31.5 Å². The molecule has 0 amide bonds. The van der Waals surface area contributed by atoms with Crippen LogP contribution in [0, 0.1) is 5.82 Å². The Balaban J connectivity index is 2.37. The molecule has 1 aliphatic rings. The standard InChI is InChI=1S/C10H13FN2O2S/c11-9-6-7(16(12,14)15)3-4-8(9)10-2-1-5-13-10/h3-4,6,10,13H,1-2,5H2,(H2,12,14,15)/t10-/m1/s1. The molecule has 1 fully saturated rings. The predicted octanol–water partition coefficient (Wildman–Crippen LogP) is 0.898. The van der Waals surface area contributed by atoms with Gasteiger partial charge in [-0.15, -0.1) is 0 Å². The molecule has 1 saturated heterocycles. The first-order chi connectivity index (χ1) is 7.48. The van der Waals surface area contributed by atoms with Crippen molar-refractivity contribution in [1.82, 2.24) is 5.32 Å². The molecular weight excluding hydrogens is 231 g/mol. The van der Waals surface area contributed by atoms with E-state index in [0.29, 0.717) is 5.56 Å². The first-order valence-corrected chi connectivity index (χ1v) is 6.59. The molecule has 1 aromatic rings. The lowest BCUT2D eigenvalue weighted by atomic mass is 10.1. The Labute approximate surface area is 93.7 Å². The minimum Gasteiger partial charge on any atom is -0.310 e. The van der Waals surface area contributed by atoms with Gasteiger partial charge in [-0.2, -0.15) is 0 Å². The van der Waals surface area contributed by atoms with Crippen molar-refractivity contribution in [1.29, 1.82) is 0 Å². The summed E-state index contributed by atoms with van der Waals surface area (Å²) in [6.07, 6.45) is 1.87. The van der Waals surface area contributed by atoms with Crippen molar-refractivity contribution in [2.45, 2.75) is 23.8 Å². The Bertz CT molecular complexity index is 496. The molecule has 2 rings (SSSR count). The average Bonchev–Trinajstić information content (AvgIpc) is 2.69. The van der Waals surface area contributed by atoms with Gasteiger partial charge in [0, 0.05) is 11.6 Å². The van der Waals surface area contributed by atoms with Gasteiger partial charge in [0.05, 0.1) is 4.90 Å². The van der Waals surface area contributed by atoms with Crippen LogP contribution in [0.2, 0.25) is 0 Å². The van der Waals surface area contributed by atoms with Gasteiger partial charge in [0.25, 0.3) is 0 Å². The van der Waals surface area contributed by atoms with Crippen LogP contribution in [-0.2, 0) is 10.0 Å². The summed E-state index contributed by atoms with van der Waals surface area (Å²) in [7, 11) is -3.83. The number of nitrogens with two attached hydrogens (primary N) is 1. The zero-order chi connectivity index (χ0) is 11.8. The van der Waals surface area contributed by atoms with E-state index in [0.717, 1.165) is 25.5 Å². The molecule has 88 valence electrons. The van der Waals surface area contributed by atoms with Gasteiger partial charge in [0.1, 0.15) is 5.82 Å². The molecule has 16 heavy (non-hydrogen) atoms. The fraction of sp³-hybridized carbons (Fsp3) is 0.400. The van der Waals surface area contributed by atoms with Crippen LogP contribution in [0.5, 0.6) is 0 Å². The zero-order valence-corrected chi connectivity index (χ0v) is 9.43. The summed E-state index contributed by atoms with van der Waals surface area (Å²) in [4.78, 5) is -0.188. The first-order valence-electron chi connectivity index (χ1n) is 5.04. The van der Waals surface area contributed by atoms with E-state index in [1.54, 1.807) is 0 Å². The van der Waals surface area contributed by atoms with Crippen LogP contribution < -0.4 is 10.5 Å². The second-order valence-corrected chi connectivity index (χ2v) is 5.44. The molecule has 0 aromatic heterocycles. The molecule has 0 unspecified atom stereocenters. The van der Waals surface area contributed by atoms with Crippen LogP contribution in [-0.4, -0.2) is 15.0 Å². The maximum absolute atomic E-state index is 13.7. The molecule has 6 heteroatoms. The largest absolute Gasteiger partial charge is 0.310 e. The van der Waals surface area contributed by atoms with Crippen molar-refractivity contribution in [2.24, 2.45) is 5.14 Å². The average molecular weight is 244 g/mol. The number of halogens is 1. The summed E-state index contributed by atoms with van der Waals surface area (Å²) in [6.45, 7) is 0.862. The molecule has 0 saturated carbocycles. The van der Waals surface area contributed by atoms with E-state index in [-0.39, 0.29) is 10.9 Å². The van der Waals surface area contributed by atoms with Gasteiger partial charge in [-0.3, -0.25) is 0 Å². The molecule has 4 nitrogen and oxygen atoms in total. The topological polar surface area (TPSA) is 72.2 Å². The Hall–Kier alpha value is -0.980. The summed E-state index contributed by atoms with van der Waals surface area (Å²) in [5.74, 6) is -0.522. The monoisotopic (exact) mass is 244 g/mol. The number of primary sulfonamides is 1. The Morgan fingerprint density at radius 3 is 2.69 bits per heavy atom. The van der Waals surface area contributed by atoms with Gasteiger partial charge in [0.15, 0.2) is 0 Å². The second-order valence-electron chi connectivity index (χ2n) is 3.88. The smallest absolute Gasteiger partial charge is 0.238 e. The van der Waals surface area contributed by atoms with Crippen molar-refractivity contribution >= 4 is 10.0 Å². The van der Waals surface area contributed by atoms with Crippen molar-refractivity contribution in [3.05, 3.63) is 29.6 Å². The Morgan fingerprint density at radius 2 is 2.19 bits per heavy atom. The van der Waals surface area contributed by atoms with E-state index in [9.17, 15) is 12.8 Å². The second kappa shape index (κ2) is 4.12. The van der Waals surface area contributed by atoms with Gasteiger partial charge < -0.3 is 5.32 Å². The van der Waals surface area contributed by atoms with Crippen LogP contribution in [0.3, 0.4) is 0 Å². The number of hydrogen-bond donors (Lipinski definition) is 2. The highest BCUT2D eigenvalue weighted by Crippen LogP contribution is 2.26. The quantitative estimate of drug-likeness (QED) is 0.811. The number of benzene rings is 1. The highest BCUT2D eigenvalue weighted by atomic mass is 32.2. The minimum atomic E-state index is -3.83. The molecule has 0 radical (unpaired) electrons. The van der Waals surface area contributed by atoms with Crippen LogP contribution in [0.15, 0.2) is 23.1 Å². The zero-order valence-electron chi connectivity index (χ0n) is 8.61. The first kappa shape index (κ1) is 11.5. The number of sulfonamides is 1. The molecule has 1 aromatic carbocycles. The molecule has 1 aliphatic heterocycles. The molecule has 0 spiro atoms. The van der Waals surface area contributed by atoms with Gasteiger partial charge in [-0.1, -0.05) is 6.07 Å². The SMILES string of the molecule is NS(=O)(=O)c1ccc([C@H]2CCCN2)c(F)c1. The summed E-state index contributed by atoms with van der Waals surface area (Å²) in [5, 5.41) is 8.07. The molecule has 1 atom stereocenters. The van der Waals surface area contributed by atoms with E-state index in [2.05, 4.69) is 5.32 Å². The van der Waals surface area contributed by atoms with Gasteiger partial charge in [0.2, 0.25) is 10.0 Å². The summed E-state index contributed by atoms with van der Waals surface area (Å²) in [5.41, 5.74) is 0.505. The maximum atomic E-state index is 13.7. The molecule has 0 bridgehead atoms. The van der Waals surface area contributed by atoms with E-state index < -0.39 is 15.8 Å². The third-order valence-electron chi connectivity index (χ3n) is 2.74. The maximum Gasteiger partial charge on any atom is 0.238 e. The third-order valence-corrected chi connectivity index (χ3v) is 3.65. The van der Waals surface area contributed by atoms with Crippen LogP contribution >= 0.6 is 0 Å². The van der Waals surface area contributed by atoms with Gasteiger partial charge >= 0.3 is 0 Å². The minimum absolute atomic E-state index is 0.0190. The highest BCUT2D eigenvalue weighted by Gasteiger charge is 2.20. The molecule has 1 heterocycles. The lowest BCUT2D eigenvalue weighted by Gasteiger charge is -2.12. The van der Waals surface area contributed by atoms with E-state index in [1.165, 1.54) is 12.1 Å². The van der Waals surface area contributed by atoms with Crippen molar-refractivity contribution in [3.8, 4) is 0 Å². The van der Waals surface area contributed by atoms with Crippen molar-refractivity contribution < 1.29 is 12.8 Å². The molecular formula is C10H13FN2O2S. The Morgan fingerprint density at radius 1 is 1.44 bits per heavy atom. The van der Waals surface area contributed by atoms with Crippen molar-refractivity contribution in [3.63, 3.8) is 0 Å². The van der Waals surface area contributed by atoms with Crippen molar-refractivity contribution in [2.75, 3.05) is 6.54 Å². The predicted molar refractivity (Wildman–Crippen MR) is 57.8 cm³/mol. The number of rotatable bonds is 2. The highest BCUT2D eigenvalue weighted by molar-refractivity contribution is 7.89. The fourth-order valence-corrected chi connectivity index (χ4v) is 2.44. The molecule has 0 aliphatic carbocycles. The number of nitrogens with one attached hydrogen (secondary N) is 1. The summed E-state index contributed by atoms with van der Waals surface area (Å²) >= 11 is 0. The summed E-state index contributed by atoms with van der Waals surface area (Å²) in [6, 6.07) is 3.78.